The van der Waals surface area contributed by atoms with Gasteiger partial charge in [-0.05, 0) is 44.0 Å². The Morgan fingerprint density at radius 2 is 1.52 bits per heavy atom. The van der Waals surface area contributed by atoms with Gasteiger partial charge < -0.3 is 24.4 Å². The van der Waals surface area contributed by atoms with Gasteiger partial charge in [-0.3, -0.25) is 0 Å². The number of hydrogen-bond acceptors (Lipinski definition) is 7. The molecule has 1 saturated heterocycles. The second-order valence-electron chi connectivity index (χ2n) is 7.31. The Hall–Kier alpha value is -2.74. The molecule has 0 aromatic heterocycles. The Kier molecular flexibility index (Phi) is 6.02. The fourth-order valence-corrected chi connectivity index (χ4v) is 3.23. The zero-order valence-electron chi connectivity index (χ0n) is 16.5. The van der Waals surface area contributed by atoms with Crippen LogP contribution in [0.5, 0.6) is 0 Å². The third-order valence-corrected chi connectivity index (χ3v) is 5.06. The summed E-state index contributed by atoms with van der Waals surface area (Å²) in [6.45, 7) is 4.54. The first kappa shape index (κ1) is 21.0. The van der Waals surface area contributed by atoms with Crippen molar-refractivity contribution in [3.8, 4) is 0 Å². The van der Waals surface area contributed by atoms with E-state index < -0.39 is 36.0 Å². The van der Waals surface area contributed by atoms with Gasteiger partial charge in [-0.2, -0.15) is 0 Å². The molecule has 2 N–H and O–H groups in total. The third-order valence-electron chi connectivity index (χ3n) is 5.06. The largest absolute Gasteiger partial charge is 0.459 e. The van der Waals surface area contributed by atoms with Crippen LogP contribution in [0.15, 0.2) is 48.5 Å². The number of aliphatic hydroxyl groups excluding tert-OH is 1. The minimum atomic E-state index is -1.86. The normalized spacial score (nSPS) is 26.2. The van der Waals surface area contributed by atoms with Gasteiger partial charge in [0, 0.05) is 0 Å². The molecule has 7 heteroatoms. The molecule has 1 fully saturated rings. The van der Waals surface area contributed by atoms with Crippen molar-refractivity contribution in [2.24, 2.45) is 0 Å². The predicted octanol–water partition coefficient (Wildman–Crippen LogP) is 2.15. The van der Waals surface area contributed by atoms with Crippen LogP contribution < -0.4 is 0 Å². The van der Waals surface area contributed by atoms with Crippen LogP contribution >= 0.6 is 0 Å². The predicted molar refractivity (Wildman–Crippen MR) is 103 cm³/mol. The molecule has 0 radical (unpaired) electrons. The van der Waals surface area contributed by atoms with Crippen LogP contribution in [0.4, 0.5) is 0 Å². The van der Waals surface area contributed by atoms with E-state index in [1.54, 1.807) is 62.4 Å². The quantitative estimate of drug-likeness (QED) is 0.742. The van der Waals surface area contributed by atoms with Crippen molar-refractivity contribution in [1.29, 1.82) is 0 Å². The molecule has 0 unspecified atom stereocenters. The minimum Gasteiger partial charge on any atom is -0.459 e. The molecule has 7 nitrogen and oxygen atoms in total. The number of carbonyl (C=O) groups is 2. The lowest BCUT2D eigenvalue weighted by Gasteiger charge is -2.27. The van der Waals surface area contributed by atoms with Crippen LogP contribution in [-0.4, -0.2) is 52.9 Å². The van der Waals surface area contributed by atoms with E-state index in [1.807, 2.05) is 0 Å². The van der Waals surface area contributed by atoms with Gasteiger partial charge >= 0.3 is 11.9 Å². The fraction of sp³-hybridized carbons (Fsp3) is 0.364. The first-order chi connectivity index (χ1) is 13.7. The van der Waals surface area contributed by atoms with Crippen molar-refractivity contribution in [2.75, 3.05) is 6.61 Å². The van der Waals surface area contributed by atoms with Crippen LogP contribution in [0, 0.1) is 13.8 Å². The van der Waals surface area contributed by atoms with Crippen molar-refractivity contribution in [2.45, 2.75) is 44.9 Å². The van der Waals surface area contributed by atoms with Gasteiger partial charge in [0.15, 0.2) is 18.0 Å². The third kappa shape index (κ3) is 4.32. The highest BCUT2D eigenvalue weighted by Gasteiger charge is 2.55. The number of carbonyl (C=O) groups excluding carboxylic acids is 2. The number of aryl methyl sites for hydroxylation is 2. The standard InChI is InChI=1S/C22H24O7/c1-13-8-4-6-10-15(13)19(23)27-12-17-18(22(3,26)21(25)28-17)29-20(24)16-11-7-5-9-14(16)2/h4-11,17-18,21,25-26H,12H2,1-3H3/t17-,18-,21+,22-/m1/s1. The summed E-state index contributed by atoms with van der Waals surface area (Å²) >= 11 is 0. The number of ether oxygens (including phenoxy) is 3. The number of hydrogen-bond donors (Lipinski definition) is 2. The van der Waals surface area contributed by atoms with Crippen molar-refractivity contribution < 1.29 is 34.0 Å². The monoisotopic (exact) mass is 400 g/mol. The van der Waals surface area contributed by atoms with Crippen LogP contribution in [0.3, 0.4) is 0 Å². The first-order valence-electron chi connectivity index (χ1n) is 9.27. The molecule has 0 bridgehead atoms. The molecular weight excluding hydrogens is 376 g/mol. The summed E-state index contributed by atoms with van der Waals surface area (Å²) in [7, 11) is 0. The number of rotatable bonds is 5. The molecule has 0 spiro atoms. The van der Waals surface area contributed by atoms with E-state index in [2.05, 4.69) is 0 Å². The molecule has 0 aliphatic carbocycles. The summed E-state index contributed by atoms with van der Waals surface area (Å²) in [5, 5.41) is 20.7. The summed E-state index contributed by atoms with van der Waals surface area (Å²) in [6.07, 6.45) is -3.85. The molecule has 29 heavy (non-hydrogen) atoms. The van der Waals surface area contributed by atoms with Gasteiger partial charge in [0.2, 0.25) is 0 Å². The van der Waals surface area contributed by atoms with Crippen molar-refractivity contribution in [1.82, 2.24) is 0 Å². The molecule has 2 aromatic carbocycles. The summed E-state index contributed by atoms with van der Waals surface area (Å²) < 4.78 is 16.1. The Morgan fingerprint density at radius 1 is 1.00 bits per heavy atom. The number of aliphatic hydroxyl groups is 2. The SMILES string of the molecule is Cc1ccccc1C(=O)OC[C@H]1O[C@H](O)[C@](C)(O)[C@@H]1OC(=O)c1ccccc1C. The highest BCUT2D eigenvalue weighted by atomic mass is 16.7. The summed E-state index contributed by atoms with van der Waals surface area (Å²) in [5.41, 5.74) is 0.322. The maximum Gasteiger partial charge on any atom is 0.338 e. The smallest absolute Gasteiger partial charge is 0.338 e. The minimum absolute atomic E-state index is 0.300. The van der Waals surface area contributed by atoms with Crippen molar-refractivity contribution in [3.05, 3.63) is 70.8 Å². The van der Waals surface area contributed by atoms with Gasteiger partial charge in [-0.15, -0.1) is 0 Å². The zero-order chi connectivity index (χ0) is 21.2. The molecule has 0 saturated carbocycles. The molecular formula is C22H24O7. The molecule has 1 aliphatic rings. The zero-order valence-corrected chi connectivity index (χ0v) is 16.5. The van der Waals surface area contributed by atoms with E-state index in [0.717, 1.165) is 5.56 Å². The molecule has 0 amide bonds. The van der Waals surface area contributed by atoms with Crippen LogP contribution in [-0.2, 0) is 14.2 Å². The highest BCUT2D eigenvalue weighted by molar-refractivity contribution is 5.91. The number of esters is 2. The lowest BCUT2D eigenvalue weighted by Crippen LogP contribution is -2.48. The van der Waals surface area contributed by atoms with Crippen LogP contribution in [0.25, 0.3) is 0 Å². The van der Waals surface area contributed by atoms with Crippen molar-refractivity contribution in [3.63, 3.8) is 0 Å². The molecule has 2 aromatic rings. The number of benzene rings is 2. The fourth-order valence-electron chi connectivity index (χ4n) is 3.23. The lowest BCUT2D eigenvalue weighted by atomic mass is 9.97. The Bertz CT molecular complexity index is 906. The Labute approximate surface area is 168 Å². The van der Waals surface area contributed by atoms with Crippen LogP contribution in [0.1, 0.15) is 38.8 Å². The van der Waals surface area contributed by atoms with Gasteiger partial charge in [0.25, 0.3) is 0 Å². The summed E-state index contributed by atoms with van der Waals surface area (Å²) in [4.78, 5) is 24.9. The highest BCUT2D eigenvalue weighted by Crippen LogP contribution is 2.33. The average molecular weight is 400 g/mol. The lowest BCUT2D eigenvalue weighted by molar-refractivity contribution is -0.170. The Morgan fingerprint density at radius 3 is 2.07 bits per heavy atom. The second kappa shape index (κ2) is 8.32. The van der Waals surface area contributed by atoms with Gasteiger partial charge in [0.05, 0.1) is 11.1 Å². The van der Waals surface area contributed by atoms with Crippen molar-refractivity contribution >= 4 is 11.9 Å². The Balaban J connectivity index is 1.73. The summed E-state index contributed by atoms with van der Waals surface area (Å²) in [6, 6.07) is 13.8. The topological polar surface area (TPSA) is 102 Å². The average Bonchev–Trinajstić information content (AvgIpc) is 2.89. The van der Waals surface area contributed by atoms with E-state index in [-0.39, 0.29) is 6.61 Å². The maximum absolute atomic E-state index is 12.6. The van der Waals surface area contributed by atoms with E-state index in [1.165, 1.54) is 6.92 Å². The van der Waals surface area contributed by atoms with Gasteiger partial charge in [-0.1, -0.05) is 36.4 Å². The van der Waals surface area contributed by atoms with E-state index in [9.17, 15) is 19.8 Å². The first-order valence-corrected chi connectivity index (χ1v) is 9.27. The maximum atomic E-state index is 12.6. The molecule has 1 heterocycles. The molecule has 3 rings (SSSR count). The van der Waals surface area contributed by atoms with E-state index >= 15 is 0 Å². The molecule has 1 aliphatic heterocycles. The van der Waals surface area contributed by atoms with E-state index in [4.69, 9.17) is 14.2 Å². The molecule has 4 atom stereocenters. The second-order valence-corrected chi connectivity index (χ2v) is 7.31. The van der Waals surface area contributed by atoms with Crippen LogP contribution in [0.2, 0.25) is 0 Å². The molecule has 154 valence electrons. The van der Waals surface area contributed by atoms with Gasteiger partial charge in [-0.25, -0.2) is 9.59 Å². The van der Waals surface area contributed by atoms with E-state index in [0.29, 0.717) is 16.7 Å². The van der Waals surface area contributed by atoms with Gasteiger partial charge in [0.1, 0.15) is 12.7 Å². The summed E-state index contributed by atoms with van der Waals surface area (Å²) in [5.74, 6) is -1.24.